The van der Waals surface area contributed by atoms with Gasteiger partial charge in [0.25, 0.3) is 8.32 Å². The van der Waals surface area contributed by atoms with Crippen LogP contribution in [0.2, 0.25) is 16.6 Å². The Morgan fingerprint density at radius 3 is 2.14 bits per heavy atom. The van der Waals surface area contributed by atoms with E-state index >= 15 is 0 Å². The Kier molecular flexibility index (Phi) is 8.51. The lowest BCUT2D eigenvalue weighted by atomic mass is 9.46. The van der Waals surface area contributed by atoms with E-state index in [0.717, 1.165) is 25.7 Å². The van der Waals surface area contributed by atoms with E-state index in [1.165, 1.54) is 11.3 Å². The summed E-state index contributed by atoms with van der Waals surface area (Å²) >= 11 is 0. The van der Waals surface area contributed by atoms with Gasteiger partial charge in [0.1, 0.15) is 12.6 Å². The molecule has 3 rings (SSSR count). The summed E-state index contributed by atoms with van der Waals surface area (Å²) in [4.78, 5) is 14.4. The van der Waals surface area contributed by atoms with Crippen molar-refractivity contribution in [3.63, 3.8) is 0 Å². The van der Waals surface area contributed by atoms with Gasteiger partial charge in [0.15, 0.2) is 0 Å². The highest BCUT2D eigenvalue weighted by Crippen LogP contribution is 2.68. The quantitative estimate of drug-likeness (QED) is 0.174. The van der Waals surface area contributed by atoms with E-state index in [1.807, 2.05) is 6.08 Å². The molecule has 2 bridgehead atoms. The van der Waals surface area contributed by atoms with Crippen molar-refractivity contribution < 1.29 is 18.7 Å². The molecule has 0 aliphatic heterocycles. The van der Waals surface area contributed by atoms with Gasteiger partial charge in [-0.05, 0) is 60.2 Å². The minimum absolute atomic E-state index is 0.0968. The van der Waals surface area contributed by atoms with Crippen molar-refractivity contribution in [3.05, 3.63) is 24.0 Å². The summed E-state index contributed by atoms with van der Waals surface area (Å²) in [6.45, 7) is 27.6. The van der Waals surface area contributed by atoms with E-state index in [9.17, 15) is 4.79 Å². The Labute approximate surface area is 222 Å². The van der Waals surface area contributed by atoms with Crippen LogP contribution in [0.5, 0.6) is 0 Å². The molecule has 6 atom stereocenters. The molecule has 0 aromatic rings. The molecule has 0 aromatic carbocycles. The number of methoxy groups -OCH3 is 1. The van der Waals surface area contributed by atoms with Gasteiger partial charge >= 0.3 is 0 Å². The highest BCUT2D eigenvalue weighted by molar-refractivity contribution is 6.77. The number of ether oxygens (including phenoxy) is 2. The Morgan fingerprint density at radius 1 is 1.06 bits per heavy atom. The maximum Gasteiger partial charge on any atom is 0.258 e. The van der Waals surface area contributed by atoms with Gasteiger partial charge in [0, 0.05) is 30.8 Å². The monoisotopic (exact) mass is 518 g/mol. The van der Waals surface area contributed by atoms with Gasteiger partial charge in [0.2, 0.25) is 0 Å². The van der Waals surface area contributed by atoms with Crippen molar-refractivity contribution in [2.75, 3.05) is 13.9 Å². The van der Waals surface area contributed by atoms with Crippen LogP contribution in [0.1, 0.15) is 101 Å². The molecule has 4 nitrogen and oxygen atoms in total. The van der Waals surface area contributed by atoms with Crippen LogP contribution in [0.4, 0.5) is 0 Å². The molecule has 36 heavy (non-hydrogen) atoms. The van der Waals surface area contributed by atoms with E-state index in [4.69, 9.17) is 13.9 Å². The van der Waals surface area contributed by atoms with E-state index < -0.39 is 19.1 Å². The fourth-order valence-corrected chi connectivity index (χ4v) is 14.2. The van der Waals surface area contributed by atoms with Crippen LogP contribution in [0.15, 0.2) is 24.0 Å². The SMILES string of the molecule is C=C[C@@]1(C)CC(=O)C2(C)C3=C(O[Si](C(C)C)(C(C)C)C(C)C)CCC3(CCC2C)C(C)C1OCOC. The molecule has 0 radical (unpaired) electrons. The molecule has 0 amide bonds. The van der Waals surface area contributed by atoms with E-state index in [1.54, 1.807) is 7.11 Å². The number of carbonyl (C=O) groups is 1. The van der Waals surface area contributed by atoms with Crippen LogP contribution in [0.3, 0.4) is 0 Å². The molecule has 0 saturated heterocycles. The van der Waals surface area contributed by atoms with Crippen LogP contribution in [0.25, 0.3) is 0 Å². The minimum Gasteiger partial charge on any atom is -0.546 e. The largest absolute Gasteiger partial charge is 0.546 e. The molecule has 5 unspecified atom stereocenters. The van der Waals surface area contributed by atoms with Crippen LogP contribution in [0, 0.1) is 28.1 Å². The Hall–Kier alpha value is -0.913. The van der Waals surface area contributed by atoms with Gasteiger partial charge in [0.05, 0.1) is 17.3 Å². The second-order valence-corrected chi connectivity index (χ2v) is 19.0. The van der Waals surface area contributed by atoms with Gasteiger partial charge in [-0.15, -0.1) is 6.58 Å². The summed E-state index contributed by atoms with van der Waals surface area (Å²) in [5, 5.41) is 0. The average Bonchev–Trinajstić information content (AvgIpc) is 3.18. The summed E-state index contributed by atoms with van der Waals surface area (Å²) < 4.78 is 19.3. The molecule has 5 heteroatoms. The predicted molar refractivity (Wildman–Crippen MR) is 151 cm³/mol. The Balaban J connectivity index is 2.30. The Morgan fingerprint density at radius 2 is 1.64 bits per heavy atom. The molecule has 3 aliphatic carbocycles. The van der Waals surface area contributed by atoms with Crippen molar-refractivity contribution in [3.8, 4) is 0 Å². The van der Waals surface area contributed by atoms with Crippen molar-refractivity contribution in [1.29, 1.82) is 0 Å². The number of hydrogen-bond donors (Lipinski definition) is 0. The number of carbonyl (C=O) groups excluding carboxylic acids is 1. The van der Waals surface area contributed by atoms with Gasteiger partial charge in [-0.1, -0.05) is 68.4 Å². The Bertz CT molecular complexity index is 854. The molecule has 0 aromatic heterocycles. The zero-order chi connectivity index (χ0) is 27.3. The van der Waals surface area contributed by atoms with Crippen molar-refractivity contribution >= 4 is 14.1 Å². The standard InChI is InChI=1S/C31H54O4Si/c1-13-29(10)18-26(32)30(11)23(8)14-16-31(24(9)28(29)34-19-33-12)17-15-25(27(30)31)35-36(20(2)3,21(4)5)22(6)7/h13,20-24,28H,1,14-19H2,2-12H3/t23?,24?,28?,29-,30?,31?/m0/s1. The first-order valence-corrected chi connectivity index (χ1v) is 16.5. The van der Waals surface area contributed by atoms with Crippen LogP contribution >= 0.6 is 0 Å². The van der Waals surface area contributed by atoms with Crippen LogP contribution < -0.4 is 0 Å². The van der Waals surface area contributed by atoms with E-state index in [2.05, 4.69) is 75.8 Å². The lowest BCUT2D eigenvalue weighted by Crippen LogP contribution is -2.57. The molecule has 2 fully saturated rings. The number of rotatable bonds is 9. The lowest BCUT2D eigenvalue weighted by molar-refractivity contribution is -0.165. The third-order valence-corrected chi connectivity index (χ3v) is 17.1. The van der Waals surface area contributed by atoms with Crippen molar-refractivity contribution in [1.82, 2.24) is 0 Å². The van der Waals surface area contributed by atoms with Gasteiger partial charge in [-0.2, -0.15) is 0 Å². The van der Waals surface area contributed by atoms with Crippen molar-refractivity contribution in [2.24, 2.45) is 28.1 Å². The van der Waals surface area contributed by atoms with Crippen LogP contribution in [-0.2, 0) is 18.7 Å². The smallest absolute Gasteiger partial charge is 0.258 e. The molecule has 0 spiro atoms. The van der Waals surface area contributed by atoms with Gasteiger partial charge in [-0.25, -0.2) is 0 Å². The third-order valence-electron chi connectivity index (χ3n) is 11.0. The van der Waals surface area contributed by atoms with Crippen LogP contribution in [-0.4, -0.2) is 34.1 Å². The topological polar surface area (TPSA) is 44.8 Å². The maximum absolute atomic E-state index is 14.4. The number of allylic oxidation sites excluding steroid dienone is 2. The molecule has 0 N–H and O–H groups in total. The van der Waals surface area contributed by atoms with Crippen molar-refractivity contribution in [2.45, 2.75) is 124 Å². The number of Topliss-reactive ketones (excluding diaryl/α,β-unsaturated/α-hetero) is 1. The summed E-state index contributed by atoms with van der Waals surface area (Å²) in [5.41, 5.74) is 1.77. The maximum atomic E-state index is 14.4. The number of hydrogen-bond acceptors (Lipinski definition) is 4. The molecule has 0 heterocycles. The molecule has 2 saturated carbocycles. The zero-order valence-corrected chi connectivity index (χ0v) is 26.1. The first-order valence-electron chi connectivity index (χ1n) is 14.4. The van der Waals surface area contributed by atoms with E-state index in [-0.39, 0.29) is 30.1 Å². The highest BCUT2D eigenvalue weighted by atomic mass is 28.4. The van der Waals surface area contributed by atoms with E-state index in [0.29, 0.717) is 28.8 Å². The lowest BCUT2D eigenvalue weighted by Gasteiger charge is -2.58. The fraction of sp³-hybridized carbons (Fsp3) is 0.839. The minimum atomic E-state index is -2.16. The molecule has 206 valence electrons. The number of ketones is 1. The highest BCUT2D eigenvalue weighted by Gasteiger charge is 2.64. The second-order valence-electron chi connectivity index (χ2n) is 13.6. The van der Waals surface area contributed by atoms with Gasteiger partial charge < -0.3 is 13.9 Å². The molecular weight excluding hydrogens is 464 g/mol. The average molecular weight is 519 g/mol. The first kappa shape index (κ1) is 29.6. The zero-order valence-electron chi connectivity index (χ0n) is 25.1. The summed E-state index contributed by atoms with van der Waals surface area (Å²) in [7, 11) is -0.489. The summed E-state index contributed by atoms with van der Waals surface area (Å²) in [6, 6.07) is 0. The molecule has 3 aliphatic rings. The summed E-state index contributed by atoms with van der Waals surface area (Å²) in [6.07, 6.45) is 6.37. The summed E-state index contributed by atoms with van der Waals surface area (Å²) in [5.74, 6) is 2.00. The predicted octanol–water partition coefficient (Wildman–Crippen LogP) is 8.44. The first-order chi connectivity index (χ1) is 16.7. The third kappa shape index (κ3) is 4.20. The van der Waals surface area contributed by atoms with Gasteiger partial charge in [-0.3, -0.25) is 4.79 Å². The molecular formula is C31H54O4Si. The normalized spacial score (nSPS) is 37.4. The second kappa shape index (κ2) is 10.3. The fourth-order valence-electron chi connectivity index (χ4n) is 8.85.